The Morgan fingerprint density at radius 3 is 1.43 bits per heavy atom. The highest BCUT2D eigenvalue weighted by molar-refractivity contribution is 7.80. The largest absolute Gasteiger partial charge is 0.179 e. The van der Waals surface area contributed by atoms with E-state index in [2.05, 4.69) is 54.2 Å². The number of thiol groups is 1. The van der Waals surface area contributed by atoms with Crippen molar-refractivity contribution in [1.29, 1.82) is 0 Å². The first-order chi connectivity index (χ1) is 6.40. The van der Waals surface area contributed by atoms with Crippen molar-refractivity contribution >= 4 is 12.6 Å². The Morgan fingerprint density at radius 1 is 0.786 bits per heavy atom. The molecule has 0 bridgehead atoms. The van der Waals surface area contributed by atoms with Gasteiger partial charge >= 0.3 is 0 Å². The first-order valence-corrected chi connectivity index (χ1v) is 6.64. The lowest BCUT2D eigenvalue weighted by molar-refractivity contribution is 0.213. The minimum absolute atomic E-state index is 0.771. The number of hydrogen-bond donors (Lipinski definition) is 1. The molecule has 1 atom stereocenters. The highest BCUT2D eigenvalue weighted by atomic mass is 32.1. The molecular weight excluding hydrogens is 188 g/mol. The SMILES string of the molecule is CC(C)C(CS)CC(C(C)C)C(C)C. The summed E-state index contributed by atoms with van der Waals surface area (Å²) in [5, 5.41) is 0. The Balaban J connectivity index is 4.26. The zero-order valence-electron chi connectivity index (χ0n) is 10.7. The summed E-state index contributed by atoms with van der Waals surface area (Å²) in [5.74, 6) is 5.05. The summed E-state index contributed by atoms with van der Waals surface area (Å²) in [6.07, 6.45) is 1.34. The first-order valence-electron chi connectivity index (χ1n) is 6.01. The second kappa shape index (κ2) is 6.76. The molecule has 0 radical (unpaired) electrons. The third-order valence-corrected chi connectivity index (χ3v) is 3.93. The van der Waals surface area contributed by atoms with Gasteiger partial charge in [-0.15, -0.1) is 0 Å². The Kier molecular flexibility index (Phi) is 6.93. The van der Waals surface area contributed by atoms with Crippen LogP contribution in [0.4, 0.5) is 0 Å². The average molecular weight is 216 g/mol. The normalized spacial score (nSPS) is 14.8. The molecule has 0 nitrogen and oxygen atoms in total. The van der Waals surface area contributed by atoms with E-state index in [1.807, 2.05) is 0 Å². The fourth-order valence-corrected chi connectivity index (χ4v) is 2.79. The molecule has 0 aliphatic heterocycles. The van der Waals surface area contributed by atoms with Crippen LogP contribution in [0.15, 0.2) is 0 Å². The fraction of sp³-hybridized carbons (Fsp3) is 1.00. The molecule has 14 heavy (non-hydrogen) atoms. The Hall–Kier alpha value is 0.350. The van der Waals surface area contributed by atoms with Gasteiger partial charge in [-0.3, -0.25) is 0 Å². The summed E-state index contributed by atoms with van der Waals surface area (Å²) >= 11 is 4.47. The van der Waals surface area contributed by atoms with Crippen LogP contribution in [-0.4, -0.2) is 5.75 Å². The van der Waals surface area contributed by atoms with Crippen LogP contribution in [0.1, 0.15) is 48.0 Å². The van der Waals surface area contributed by atoms with Gasteiger partial charge in [0.25, 0.3) is 0 Å². The highest BCUT2D eigenvalue weighted by Crippen LogP contribution is 2.31. The van der Waals surface area contributed by atoms with Gasteiger partial charge < -0.3 is 0 Å². The van der Waals surface area contributed by atoms with Crippen LogP contribution in [-0.2, 0) is 0 Å². The second-order valence-electron chi connectivity index (χ2n) is 5.57. The van der Waals surface area contributed by atoms with Gasteiger partial charge in [-0.05, 0) is 41.8 Å². The summed E-state index contributed by atoms with van der Waals surface area (Å²) in [6, 6.07) is 0. The van der Waals surface area contributed by atoms with Crippen molar-refractivity contribution in [2.45, 2.75) is 48.0 Å². The molecule has 1 heteroatoms. The van der Waals surface area contributed by atoms with Crippen LogP contribution in [0, 0.1) is 29.6 Å². The average Bonchev–Trinajstić information content (AvgIpc) is 2.03. The molecule has 0 saturated carbocycles. The van der Waals surface area contributed by atoms with Crippen molar-refractivity contribution in [2.75, 3.05) is 5.75 Å². The van der Waals surface area contributed by atoms with Crippen LogP contribution in [0.25, 0.3) is 0 Å². The molecule has 0 amide bonds. The molecule has 86 valence electrons. The van der Waals surface area contributed by atoms with Crippen molar-refractivity contribution in [1.82, 2.24) is 0 Å². The minimum Gasteiger partial charge on any atom is -0.179 e. The molecule has 0 rings (SSSR count). The second-order valence-corrected chi connectivity index (χ2v) is 5.94. The minimum atomic E-state index is 0.771. The number of rotatable bonds is 6. The van der Waals surface area contributed by atoms with Gasteiger partial charge in [0.05, 0.1) is 0 Å². The molecule has 1 unspecified atom stereocenters. The maximum Gasteiger partial charge on any atom is -0.00670 e. The lowest BCUT2D eigenvalue weighted by atomic mass is 9.77. The molecular formula is C13H28S. The molecule has 0 heterocycles. The van der Waals surface area contributed by atoms with Crippen molar-refractivity contribution in [3.05, 3.63) is 0 Å². The van der Waals surface area contributed by atoms with Crippen LogP contribution >= 0.6 is 12.6 Å². The predicted molar refractivity (Wildman–Crippen MR) is 70.0 cm³/mol. The quantitative estimate of drug-likeness (QED) is 0.621. The Bertz CT molecular complexity index is 130. The topological polar surface area (TPSA) is 0 Å². The van der Waals surface area contributed by atoms with E-state index in [-0.39, 0.29) is 0 Å². The highest BCUT2D eigenvalue weighted by Gasteiger charge is 2.23. The van der Waals surface area contributed by atoms with E-state index >= 15 is 0 Å². The van der Waals surface area contributed by atoms with E-state index in [1.54, 1.807) is 0 Å². The van der Waals surface area contributed by atoms with Gasteiger partial charge in [-0.25, -0.2) is 0 Å². The third kappa shape index (κ3) is 4.72. The van der Waals surface area contributed by atoms with Gasteiger partial charge in [0.15, 0.2) is 0 Å². The van der Waals surface area contributed by atoms with Crippen LogP contribution < -0.4 is 0 Å². The van der Waals surface area contributed by atoms with Gasteiger partial charge in [-0.2, -0.15) is 12.6 Å². The van der Waals surface area contributed by atoms with E-state index in [0.29, 0.717) is 0 Å². The predicted octanol–water partition coefficient (Wildman–Crippen LogP) is 4.51. The monoisotopic (exact) mass is 216 g/mol. The third-order valence-electron chi connectivity index (χ3n) is 3.46. The van der Waals surface area contributed by atoms with E-state index in [1.165, 1.54) is 6.42 Å². The number of hydrogen-bond acceptors (Lipinski definition) is 1. The van der Waals surface area contributed by atoms with Crippen LogP contribution in [0.2, 0.25) is 0 Å². The van der Waals surface area contributed by atoms with E-state index < -0.39 is 0 Å². The summed E-state index contributed by atoms with van der Waals surface area (Å²) in [4.78, 5) is 0. The van der Waals surface area contributed by atoms with E-state index in [0.717, 1.165) is 35.3 Å². The van der Waals surface area contributed by atoms with E-state index in [4.69, 9.17) is 0 Å². The first kappa shape index (κ1) is 14.3. The molecule has 0 fully saturated rings. The Morgan fingerprint density at radius 2 is 1.21 bits per heavy atom. The zero-order chi connectivity index (χ0) is 11.3. The maximum atomic E-state index is 4.47. The molecule has 0 aliphatic carbocycles. The molecule has 0 aliphatic rings. The summed E-state index contributed by atoms with van der Waals surface area (Å²) in [7, 11) is 0. The fourth-order valence-electron chi connectivity index (χ4n) is 2.22. The molecule has 0 aromatic heterocycles. The van der Waals surface area contributed by atoms with Gasteiger partial charge in [0, 0.05) is 0 Å². The summed E-state index contributed by atoms with van der Waals surface area (Å²) in [5.41, 5.74) is 0. The van der Waals surface area contributed by atoms with Crippen LogP contribution in [0.5, 0.6) is 0 Å². The lowest BCUT2D eigenvalue weighted by Gasteiger charge is -2.30. The van der Waals surface area contributed by atoms with Crippen molar-refractivity contribution in [3.63, 3.8) is 0 Å². The summed E-state index contributed by atoms with van der Waals surface area (Å²) < 4.78 is 0. The van der Waals surface area contributed by atoms with Crippen molar-refractivity contribution in [2.24, 2.45) is 29.6 Å². The molecule has 0 spiro atoms. The standard InChI is InChI=1S/C13H28S/c1-9(2)12(8-14)7-13(10(3)4)11(5)6/h9-14H,7-8H2,1-6H3. The maximum absolute atomic E-state index is 4.47. The zero-order valence-corrected chi connectivity index (χ0v) is 11.6. The molecule has 0 saturated heterocycles. The molecule has 0 N–H and O–H groups in total. The molecule has 0 aromatic rings. The lowest BCUT2D eigenvalue weighted by Crippen LogP contribution is -2.23. The van der Waals surface area contributed by atoms with Gasteiger partial charge in [-0.1, -0.05) is 41.5 Å². The Labute approximate surface area is 96.3 Å². The van der Waals surface area contributed by atoms with Gasteiger partial charge in [0.1, 0.15) is 0 Å². The van der Waals surface area contributed by atoms with Crippen molar-refractivity contribution in [3.8, 4) is 0 Å². The van der Waals surface area contributed by atoms with Crippen LogP contribution in [0.3, 0.4) is 0 Å². The summed E-state index contributed by atoms with van der Waals surface area (Å²) in [6.45, 7) is 14.0. The molecule has 0 aromatic carbocycles. The smallest absolute Gasteiger partial charge is 0.00670 e. The van der Waals surface area contributed by atoms with Gasteiger partial charge in [0.2, 0.25) is 0 Å². The van der Waals surface area contributed by atoms with Crippen molar-refractivity contribution < 1.29 is 0 Å². The van der Waals surface area contributed by atoms with E-state index in [9.17, 15) is 0 Å².